The first-order chi connectivity index (χ1) is 13.7. The highest BCUT2D eigenvalue weighted by Gasteiger charge is 2.34. The van der Waals surface area contributed by atoms with E-state index in [0.717, 1.165) is 11.1 Å². The highest BCUT2D eigenvalue weighted by atomic mass is 35.5. The van der Waals surface area contributed by atoms with Gasteiger partial charge in [0.2, 0.25) is 0 Å². The Hall–Kier alpha value is -1.50. The summed E-state index contributed by atoms with van der Waals surface area (Å²) in [5, 5.41) is 10.1. The number of morpholine rings is 1. The van der Waals surface area contributed by atoms with Gasteiger partial charge in [-0.3, -0.25) is 9.69 Å². The molecule has 0 aliphatic carbocycles. The van der Waals surface area contributed by atoms with Crippen LogP contribution in [-0.4, -0.2) is 41.2 Å². The van der Waals surface area contributed by atoms with Crippen molar-refractivity contribution in [2.24, 2.45) is 0 Å². The zero-order valence-corrected chi connectivity index (χ0v) is 19.3. The van der Waals surface area contributed by atoms with Crippen molar-refractivity contribution in [1.82, 2.24) is 4.90 Å². The number of benzene rings is 2. The molecule has 1 aliphatic heterocycles. The van der Waals surface area contributed by atoms with E-state index in [-0.39, 0.29) is 37.1 Å². The minimum atomic E-state index is -0.786. The summed E-state index contributed by atoms with van der Waals surface area (Å²) in [4.78, 5) is 13.1. The molecule has 1 aliphatic rings. The molecule has 1 atom stereocenters. The molecule has 2 aromatic rings. The Morgan fingerprint density at radius 3 is 2.43 bits per heavy atom. The molecule has 1 saturated heterocycles. The minimum Gasteiger partial charge on any atom is -0.489 e. The number of carboxylic acids is 1. The van der Waals surface area contributed by atoms with Gasteiger partial charge in [0.05, 0.1) is 18.1 Å². The van der Waals surface area contributed by atoms with Gasteiger partial charge in [0, 0.05) is 35.2 Å². The minimum absolute atomic E-state index is 0. The standard InChI is InChI=1S/C22H25Cl2NO4.ClH/c1-22(2)14-25(11-10-21(26)27)12-20(29-22)15-6-8-16(9-7-15)28-13-17-18(23)4-3-5-19(17)24;/h3-9,20H,10-14H2,1-2H3,(H,26,27);1H. The van der Waals surface area contributed by atoms with Crippen LogP contribution in [0.2, 0.25) is 10.0 Å². The SMILES string of the molecule is CC1(C)CN(CCC(=O)O)CC(c2ccc(OCc3c(Cl)cccc3Cl)cc2)O1.Cl. The second-order valence-corrected chi connectivity index (χ2v) is 8.62. The van der Waals surface area contributed by atoms with Crippen LogP contribution < -0.4 is 4.74 Å². The second kappa shape index (κ2) is 10.7. The predicted molar refractivity (Wildman–Crippen MR) is 121 cm³/mol. The molecule has 2 aromatic carbocycles. The topological polar surface area (TPSA) is 59.0 Å². The number of carbonyl (C=O) groups is 1. The molecule has 1 N–H and O–H groups in total. The summed E-state index contributed by atoms with van der Waals surface area (Å²) >= 11 is 12.4. The van der Waals surface area contributed by atoms with Crippen LogP contribution >= 0.6 is 35.6 Å². The molecule has 164 valence electrons. The van der Waals surface area contributed by atoms with E-state index in [0.29, 0.717) is 35.4 Å². The van der Waals surface area contributed by atoms with Crippen molar-refractivity contribution in [3.05, 3.63) is 63.6 Å². The van der Waals surface area contributed by atoms with Gasteiger partial charge >= 0.3 is 5.97 Å². The van der Waals surface area contributed by atoms with E-state index in [2.05, 4.69) is 4.90 Å². The number of halogens is 3. The van der Waals surface area contributed by atoms with Crippen LogP contribution in [0.3, 0.4) is 0 Å². The maximum absolute atomic E-state index is 10.9. The van der Waals surface area contributed by atoms with Crippen LogP contribution in [0, 0.1) is 0 Å². The smallest absolute Gasteiger partial charge is 0.304 e. The summed E-state index contributed by atoms with van der Waals surface area (Å²) in [6.07, 6.45) is -0.000182. The Morgan fingerprint density at radius 2 is 1.83 bits per heavy atom. The monoisotopic (exact) mass is 473 g/mol. The number of aliphatic carboxylic acids is 1. The van der Waals surface area contributed by atoms with E-state index in [4.69, 9.17) is 37.8 Å². The largest absolute Gasteiger partial charge is 0.489 e. The first kappa shape index (κ1) is 24.8. The molecule has 0 bridgehead atoms. The third kappa shape index (κ3) is 6.76. The van der Waals surface area contributed by atoms with Gasteiger partial charge < -0.3 is 14.6 Å². The number of ether oxygens (including phenoxy) is 2. The van der Waals surface area contributed by atoms with Crippen LogP contribution in [0.25, 0.3) is 0 Å². The third-order valence-corrected chi connectivity index (χ3v) is 5.54. The number of hydrogen-bond acceptors (Lipinski definition) is 4. The fourth-order valence-electron chi connectivity index (χ4n) is 3.50. The lowest BCUT2D eigenvalue weighted by molar-refractivity contribution is -0.146. The predicted octanol–water partition coefficient (Wildman–Crippen LogP) is 5.62. The lowest BCUT2D eigenvalue weighted by Gasteiger charge is -2.43. The average Bonchev–Trinajstić information content (AvgIpc) is 2.65. The van der Waals surface area contributed by atoms with E-state index in [1.165, 1.54) is 0 Å². The highest BCUT2D eigenvalue weighted by molar-refractivity contribution is 6.35. The van der Waals surface area contributed by atoms with Gasteiger partial charge in [0.1, 0.15) is 12.4 Å². The molecule has 1 fully saturated rings. The van der Waals surface area contributed by atoms with Crippen molar-refractivity contribution in [2.45, 2.75) is 38.6 Å². The van der Waals surface area contributed by atoms with Crippen LogP contribution in [0.4, 0.5) is 0 Å². The molecule has 0 saturated carbocycles. The molecule has 1 unspecified atom stereocenters. The molecular formula is C22H26Cl3NO4. The van der Waals surface area contributed by atoms with Crippen LogP contribution in [0.15, 0.2) is 42.5 Å². The Balaban J connectivity index is 0.00000320. The van der Waals surface area contributed by atoms with Gasteiger partial charge in [-0.15, -0.1) is 12.4 Å². The van der Waals surface area contributed by atoms with E-state index >= 15 is 0 Å². The van der Waals surface area contributed by atoms with Crippen molar-refractivity contribution in [3.63, 3.8) is 0 Å². The Kier molecular flexibility index (Phi) is 8.83. The molecule has 0 amide bonds. The fraction of sp³-hybridized carbons (Fsp3) is 0.409. The lowest BCUT2D eigenvalue weighted by atomic mass is 10.0. The molecule has 0 radical (unpaired) electrons. The first-order valence-electron chi connectivity index (χ1n) is 9.51. The van der Waals surface area contributed by atoms with Gasteiger partial charge in [-0.1, -0.05) is 41.4 Å². The summed E-state index contributed by atoms with van der Waals surface area (Å²) in [6.45, 7) is 6.21. The van der Waals surface area contributed by atoms with Crippen LogP contribution in [-0.2, 0) is 16.1 Å². The van der Waals surface area contributed by atoms with Crippen molar-refractivity contribution >= 4 is 41.6 Å². The van der Waals surface area contributed by atoms with Crippen LogP contribution in [0.5, 0.6) is 5.75 Å². The van der Waals surface area contributed by atoms with Gasteiger partial charge in [-0.05, 0) is 43.7 Å². The summed E-state index contributed by atoms with van der Waals surface area (Å²) in [7, 11) is 0. The summed E-state index contributed by atoms with van der Waals surface area (Å²) in [5.41, 5.74) is 1.43. The first-order valence-corrected chi connectivity index (χ1v) is 10.3. The normalized spacial score (nSPS) is 18.5. The number of hydrogen-bond donors (Lipinski definition) is 1. The third-order valence-electron chi connectivity index (χ3n) is 4.83. The maximum atomic E-state index is 10.9. The van der Waals surface area contributed by atoms with Gasteiger partial charge in [-0.25, -0.2) is 0 Å². The highest BCUT2D eigenvalue weighted by Crippen LogP contribution is 2.32. The summed E-state index contributed by atoms with van der Waals surface area (Å²) in [5.74, 6) is -0.0755. The molecule has 5 nitrogen and oxygen atoms in total. The number of nitrogens with zero attached hydrogens (tertiary/aromatic N) is 1. The average molecular weight is 475 g/mol. The molecule has 3 rings (SSSR count). The maximum Gasteiger partial charge on any atom is 0.304 e. The summed E-state index contributed by atoms with van der Waals surface area (Å²) in [6, 6.07) is 13.1. The van der Waals surface area contributed by atoms with Gasteiger partial charge in [-0.2, -0.15) is 0 Å². The molecular weight excluding hydrogens is 449 g/mol. The van der Waals surface area contributed by atoms with E-state index < -0.39 is 5.97 Å². The van der Waals surface area contributed by atoms with Gasteiger partial charge in [0.25, 0.3) is 0 Å². The Morgan fingerprint density at radius 1 is 1.20 bits per heavy atom. The van der Waals surface area contributed by atoms with Crippen LogP contribution in [0.1, 0.15) is 37.5 Å². The number of carboxylic acid groups (broad SMARTS) is 1. The van der Waals surface area contributed by atoms with Crippen molar-refractivity contribution in [2.75, 3.05) is 19.6 Å². The van der Waals surface area contributed by atoms with Crippen molar-refractivity contribution in [3.8, 4) is 5.75 Å². The van der Waals surface area contributed by atoms with Crippen molar-refractivity contribution in [1.29, 1.82) is 0 Å². The Bertz CT molecular complexity index is 838. The van der Waals surface area contributed by atoms with E-state index in [9.17, 15) is 4.79 Å². The van der Waals surface area contributed by atoms with E-state index in [1.807, 2.05) is 38.1 Å². The molecule has 8 heteroatoms. The van der Waals surface area contributed by atoms with Gasteiger partial charge in [0.15, 0.2) is 0 Å². The summed E-state index contributed by atoms with van der Waals surface area (Å²) < 4.78 is 12.1. The number of rotatable bonds is 7. The molecule has 0 aromatic heterocycles. The molecule has 1 heterocycles. The quantitative estimate of drug-likeness (QED) is 0.564. The second-order valence-electron chi connectivity index (χ2n) is 7.80. The fourth-order valence-corrected chi connectivity index (χ4v) is 4.01. The Labute approximate surface area is 193 Å². The molecule has 30 heavy (non-hydrogen) atoms. The zero-order valence-electron chi connectivity index (χ0n) is 16.9. The molecule has 0 spiro atoms. The van der Waals surface area contributed by atoms with Crippen molar-refractivity contribution < 1.29 is 19.4 Å². The lowest BCUT2D eigenvalue weighted by Crippen LogP contribution is -2.49. The van der Waals surface area contributed by atoms with E-state index in [1.54, 1.807) is 18.2 Å². The zero-order chi connectivity index (χ0) is 21.0.